The van der Waals surface area contributed by atoms with Crippen LogP contribution in [0, 0.1) is 6.92 Å². The zero-order valence-electron chi connectivity index (χ0n) is 13.5. The summed E-state index contributed by atoms with van der Waals surface area (Å²) in [6.07, 6.45) is 7.73. The van der Waals surface area contributed by atoms with Gasteiger partial charge in [-0.05, 0) is 19.8 Å². The molecule has 0 aliphatic heterocycles. The zero-order valence-corrected chi connectivity index (χ0v) is 13.5. The Kier molecular flexibility index (Phi) is 5.31. The molecule has 2 aromatic heterocycles. The fraction of sp³-hybridized carbons (Fsp3) is 0.562. The maximum absolute atomic E-state index is 4.74. The van der Waals surface area contributed by atoms with Crippen LogP contribution >= 0.6 is 0 Å². The SMILES string of the molecule is CCCc1nc(Cc2nccn2CCC)c(C)c(NC)n1. The van der Waals surface area contributed by atoms with E-state index < -0.39 is 0 Å². The third-order valence-corrected chi connectivity index (χ3v) is 3.60. The molecule has 5 nitrogen and oxygen atoms in total. The predicted octanol–water partition coefficient (Wildman–Crippen LogP) is 2.98. The lowest BCUT2D eigenvalue weighted by molar-refractivity contribution is 0.643. The van der Waals surface area contributed by atoms with E-state index in [0.717, 1.165) is 61.0 Å². The van der Waals surface area contributed by atoms with Gasteiger partial charge in [0.25, 0.3) is 0 Å². The number of rotatable bonds is 7. The second-order valence-corrected chi connectivity index (χ2v) is 5.27. The van der Waals surface area contributed by atoms with Gasteiger partial charge in [0.2, 0.25) is 0 Å². The van der Waals surface area contributed by atoms with Crippen LogP contribution < -0.4 is 5.32 Å². The molecule has 0 unspecified atom stereocenters. The molecule has 2 rings (SSSR count). The largest absolute Gasteiger partial charge is 0.373 e. The van der Waals surface area contributed by atoms with Crippen molar-refractivity contribution in [1.82, 2.24) is 19.5 Å². The van der Waals surface area contributed by atoms with Gasteiger partial charge in [0.05, 0.1) is 5.69 Å². The van der Waals surface area contributed by atoms with Crippen LogP contribution in [0.5, 0.6) is 0 Å². The summed E-state index contributed by atoms with van der Waals surface area (Å²) in [5.74, 6) is 2.91. The van der Waals surface area contributed by atoms with Crippen molar-refractivity contribution >= 4 is 5.82 Å². The number of imidazole rings is 1. The lowest BCUT2D eigenvalue weighted by Crippen LogP contribution is -2.10. The van der Waals surface area contributed by atoms with Crippen LogP contribution in [0.3, 0.4) is 0 Å². The Morgan fingerprint density at radius 3 is 2.67 bits per heavy atom. The van der Waals surface area contributed by atoms with Crippen LogP contribution in [0.1, 0.15) is 49.6 Å². The van der Waals surface area contributed by atoms with E-state index in [1.807, 2.05) is 19.4 Å². The van der Waals surface area contributed by atoms with Gasteiger partial charge < -0.3 is 9.88 Å². The van der Waals surface area contributed by atoms with E-state index in [1.165, 1.54) is 0 Å². The van der Waals surface area contributed by atoms with Crippen molar-refractivity contribution in [1.29, 1.82) is 0 Å². The highest BCUT2D eigenvalue weighted by Gasteiger charge is 2.12. The van der Waals surface area contributed by atoms with Crippen LogP contribution in [-0.4, -0.2) is 26.6 Å². The van der Waals surface area contributed by atoms with Gasteiger partial charge in [-0.2, -0.15) is 0 Å². The molecular formula is C16H25N5. The van der Waals surface area contributed by atoms with Gasteiger partial charge >= 0.3 is 0 Å². The van der Waals surface area contributed by atoms with E-state index in [9.17, 15) is 0 Å². The van der Waals surface area contributed by atoms with Crippen molar-refractivity contribution in [3.63, 3.8) is 0 Å². The van der Waals surface area contributed by atoms with Crippen molar-refractivity contribution in [2.45, 2.75) is 53.0 Å². The fourth-order valence-electron chi connectivity index (χ4n) is 2.47. The summed E-state index contributed by atoms with van der Waals surface area (Å²) < 4.78 is 2.21. The van der Waals surface area contributed by atoms with Gasteiger partial charge in [0.1, 0.15) is 17.5 Å². The first kappa shape index (κ1) is 15.5. The molecule has 0 saturated carbocycles. The minimum absolute atomic E-state index is 0.757. The predicted molar refractivity (Wildman–Crippen MR) is 85.6 cm³/mol. The van der Waals surface area contributed by atoms with Crippen LogP contribution in [0.2, 0.25) is 0 Å². The molecule has 2 aromatic rings. The Balaban J connectivity index is 2.33. The van der Waals surface area contributed by atoms with Crippen molar-refractivity contribution in [2.24, 2.45) is 0 Å². The molecule has 0 aliphatic carbocycles. The molecule has 0 amide bonds. The molecule has 0 bridgehead atoms. The van der Waals surface area contributed by atoms with Crippen LogP contribution in [0.15, 0.2) is 12.4 Å². The second-order valence-electron chi connectivity index (χ2n) is 5.27. The topological polar surface area (TPSA) is 55.6 Å². The van der Waals surface area contributed by atoms with Gasteiger partial charge in [-0.15, -0.1) is 0 Å². The number of nitrogens with zero attached hydrogens (tertiary/aromatic N) is 4. The lowest BCUT2D eigenvalue weighted by Gasteiger charge is -2.13. The molecule has 0 saturated heterocycles. The molecule has 0 fully saturated rings. The maximum Gasteiger partial charge on any atom is 0.132 e. The summed E-state index contributed by atoms with van der Waals surface area (Å²) in [5.41, 5.74) is 2.18. The summed E-state index contributed by atoms with van der Waals surface area (Å²) in [5, 5.41) is 3.18. The number of aromatic nitrogens is 4. The lowest BCUT2D eigenvalue weighted by atomic mass is 10.1. The van der Waals surface area contributed by atoms with Crippen molar-refractivity contribution in [2.75, 3.05) is 12.4 Å². The molecule has 5 heteroatoms. The summed E-state index contributed by atoms with van der Waals surface area (Å²) in [6.45, 7) is 7.40. The van der Waals surface area contributed by atoms with Crippen molar-refractivity contribution < 1.29 is 0 Å². The smallest absolute Gasteiger partial charge is 0.132 e. The second kappa shape index (κ2) is 7.20. The zero-order chi connectivity index (χ0) is 15.2. The van der Waals surface area contributed by atoms with Gasteiger partial charge in [-0.25, -0.2) is 15.0 Å². The molecule has 1 N–H and O–H groups in total. The van der Waals surface area contributed by atoms with Crippen LogP contribution in [0.25, 0.3) is 0 Å². The van der Waals surface area contributed by atoms with Crippen LogP contribution in [-0.2, 0) is 19.4 Å². The molecule has 0 atom stereocenters. The Morgan fingerprint density at radius 2 is 2.00 bits per heavy atom. The Labute approximate surface area is 126 Å². The molecule has 114 valence electrons. The van der Waals surface area contributed by atoms with E-state index in [1.54, 1.807) is 0 Å². The van der Waals surface area contributed by atoms with Gasteiger partial charge in [-0.3, -0.25) is 0 Å². The summed E-state index contributed by atoms with van der Waals surface area (Å²) in [4.78, 5) is 13.8. The molecule has 0 radical (unpaired) electrons. The number of anilines is 1. The number of hydrogen-bond donors (Lipinski definition) is 1. The molecule has 0 spiro atoms. The normalized spacial score (nSPS) is 10.9. The summed E-state index contributed by atoms with van der Waals surface area (Å²) in [6, 6.07) is 0. The number of aryl methyl sites for hydroxylation is 2. The highest BCUT2D eigenvalue weighted by Crippen LogP contribution is 2.18. The quantitative estimate of drug-likeness (QED) is 0.850. The first-order valence-corrected chi connectivity index (χ1v) is 7.73. The van der Waals surface area contributed by atoms with Crippen LogP contribution in [0.4, 0.5) is 5.82 Å². The third kappa shape index (κ3) is 3.60. The molecular weight excluding hydrogens is 262 g/mol. The highest BCUT2D eigenvalue weighted by molar-refractivity contribution is 5.46. The van der Waals surface area contributed by atoms with Crippen molar-refractivity contribution in [3.05, 3.63) is 35.3 Å². The average Bonchev–Trinajstić information content (AvgIpc) is 2.90. The minimum Gasteiger partial charge on any atom is -0.373 e. The number of hydrogen-bond acceptors (Lipinski definition) is 4. The Morgan fingerprint density at radius 1 is 1.19 bits per heavy atom. The molecule has 0 aromatic carbocycles. The summed E-state index contributed by atoms with van der Waals surface area (Å²) in [7, 11) is 1.91. The van der Waals surface area contributed by atoms with E-state index in [-0.39, 0.29) is 0 Å². The summed E-state index contributed by atoms with van der Waals surface area (Å²) >= 11 is 0. The van der Waals surface area contributed by atoms with Gasteiger partial charge in [-0.1, -0.05) is 13.8 Å². The van der Waals surface area contributed by atoms with E-state index in [2.05, 4.69) is 40.6 Å². The maximum atomic E-state index is 4.74. The Hall–Kier alpha value is -1.91. The molecule has 2 heterocycles. The van der Waals surface area contributed by atoms with Gasteiger partial charge in [0.15, 0.2) is 0 Å². The molecule has 21 heavy (non-hydrogen) atoms. The van der Waals surface area contributed by atoms with Gasteiger partial charge in [0, 0.05) is 44.4 Å². The van der Waals surface area contributed by atoms with E-state index in [0.29, 0.717) is 0 Å². The van der Waals surface area contributed by atoms with Crippen molar-refractivity contribution in [3.8, 4) is 0 Å². The average molecular weight is 287 g/mol. The Bertz CT molecular complexity index is 588. The van der Waals surface area contributed by atoms with E-state index in [4.69, 9.17) is 4.98 Å². The van der Waals surface area contributed by atoms with E-state index >= 15 is 0 Å². The highest BCUT2D eigenvalue weighted by atomic mass is 15.1. The first-order chi connectivity index (χ1) is 10.2. The third-order valence-electron chi connectivity index (χ3n) is 3.60. The minimum atomic E-state index is 0.757. The first-order valence-electron chi connectivity index (χ1n) is 7.73. The number of nitrogens with one attached hydrogen (secondary N) is 1. The molecule has 0 aliphatic rings. The monoisotopic (exact) mass is 287 g/mol. The fourth-order valence-corrected chi connectivity index (χ4v) is 2.47. The standard InChI is InChI=1S/C16H25N5/c1-5-7-14-19-13(12(3)16(17-4)20-14)11-15-18-8-10-21(15)9-6-2/h8,10H,5-7,9,11H2,1-4H3,(H,17,19,20).